The minimum atomic E-state index is -3.66. The average molecular weight is 331 g/mol. The number of ether oxygens (including phenoxy) is 2. The molecule has 0 aliphatic carbocycles. The predicted molar refractivity (Wildman–Crippen MR) is 86.8 cm³/mol. The molecule has 0 unspecified atom stereocenters. The van der Waals surface area contributed by atoms with E-state index in [1.165, 1.54) is 0 Å². The standard InChI is InChI=1S/C17H17NO4S/c1-11-3-2-4-13(9-11)23(19,20)18-16-14-6-8-21-15(14)10-12-5-7-22-17(12)16/h2-4,9-10,18H,5-8H2,1H3. The monoisotopic (exact) mass is 331 g/mol. The molecule has 6 heteroatoms. The zero-order valence-electron chi connectivity index (χ0n) is 12.8. The third-order valence-corrected chi connectivity index (χ3v) is 5.53. The van der Waals surface area contributed by atoms with Crippen molar-refractivity contribution in [2.75, 3.05) is 17.9 Å². The highest BCUT2D eigenvalue weighted by atomic mass is 32.2. The number of rotatable bonds is 3. The van der Waals surface area contributed by atoms with E-state index in [0.717, 1.165) is 28.9 Å². The Labute approximate surface area is 135 Å². The van der Waals surface area contributed by atoms with Crippen molar-refractivity contribution in [3.63, 3.8) is 0 Å². The lowest BCUT2D eigenvalue weighted by molar-refractivity contribution is 0.356. The number of sulfonamides is 1. The number of hydrogen-bond acceptors (Lipinski definition) is 4. The molecule has 2 heterocycles. The Hall–Kier alpha value is -2.21. The summed E-state index contributed by atoms with van der Waals surface area (Å²) in [6, 6.07) is 8.82. The molecule has 0 aromatic heterocycles. The largest absolute Gasteiger partial charge is 0.493 e. The van der Waals surface area contributed by atoms with Gasteiger partial charge in [0.2, 0.25) is 0 Å². The lowest BCUT2D eigenvalue weighted by Crippen LogP contribution is -2.15. The first kappa shape index (κ1) is 14.4. The van der Waals surface area contributed by atoms with Crippen molar-refractivity contribution in [2.24, 2.45) is 0 Å². The number of aryl methyl sites for hydroxylation is 1. The van der Waals surface area contributed by atoms with Crippen LogP contribution in [0.3, 0.4) is 0 Å². The number of fused-ring (bicyclic) bond motifs is 2. The summed E-state index contributed by atoms with van der Waals surface area (Å²) in [5, 5.41) is 0. The van der Waals surface area contributed by atoms with E-state index in [9.17, 15) is 8.42 Å². The summed E-state index contributed by atoms with van der Waals surface area (Å²) in [5.41, 5.74) is 3.31. The molecule has 0 spiro atoms. The van der Waals surface area contributed by atoms with Crippen LogP contribution in [0.4, 0.5) is 5.69 Å². The molecule has 2 aromatic rings. The van der Waals surface area contributed by atoms with Gasteiger partial charge < -0.3 is 9.47 Å². The van der Waals surface area contributed by atoms with Gasteiger partial charge in [0.1, 0.15) is 11.5 Å². The van der Waals surface area contributed by atoms with Crippen LogP contribution in [0.15, 0.2) is 35.2 Å². The van der Waals surface area contributed by atoms with Gasteiger partial charge in [-0.25, -0.2) is 8.42 Å². The molecule has 2 aromatic carbocycles. The van der Waals surface area contributed by atoms with Crippen molar-refractivity contribution in [2.45, 2.75) is 24.7 Å². The predicted octanol–water partition coefficient (Wildman–Crippen LogP) is 2.67. The lowest BCUT2D eigenvalue weighted by atomic mass is 10.0. The zero-order chi connectivity index (χ0) is 16.0. The fourth-order valence-electron chi connectivity index (χ4n) is 3.07. The number of nitrogens with one attached hydrogen (secondary N) is 1. The van der Waals surface area contributed by atoms with E-state index in [2.05, 4.69) is 4.72 Å². The Bertz CT molecular complexity index is 857. The van der Waals surface area contributed by atoms with E-state index in [1.54, 1.807) is 18.2 Å². The molecule has 0 amide bonds. The maximum atomic E-state index is 12.7. The van der Waals surface area contributed by atoms with E-state index in [0.29, 0.717) is 31.1 Å². The quantitative estimate of drug-likeness (QED) is 0.939. The Kier molecular flexibility index (Phi) is 3.23. The van der Waals surface area contributed by atoms with Gasteiger partial charge in [-0.3, -0.25) is 4.72 Å². The SMILES string of the molecule is Cc1cccc(S(=O)(=O)Nc2c3c(cc4c2OCC4)OCC3)c1. The van der Waals surface area contributed by atoms with Crippen molar-refractivity contribution in [1.29, 1.82) is 0 Å². The molecule has 0 atom stereocenters. The Morgan fingerprint density at radius 3 is 2.74 bits per heavy atom. The van der Waals surface area contributed by atoms with E-state index in [1.807, 2.05) is 19.1 Å². The van der Waals surface area contributed by atoms with E-state index in [4.69, 9.17) is 9.47 Å². The highest BCUT2D eigenvalue weighted by molar-refractivity contribution is 7.92. The van der Waals surface area contributed by atoms with Gasteiger partial charge in [0.25, 0.3) is 10.0 Å². The van der Waals surface area contributed by atoms with Crippen LogP contribution in [0, 0.1) is 6.92 Å². The fourth-order valence-corrected chi connectivity index (χ4v) is 4.27. The molecular weight excluding hydrogens is 314 g/mol. The highest BCUT2D eigenvalue weighted by Gasteiger charge is 2.29. The molecule has 2 aliphatic heterocycles. The zero-order valence-corrected chi connectivity index (χ0v) is 13.6. The summed E-state index contributed by atoms with van der Waals surface area (Å²) in [5.74, 6) is 1.40. The summed E-state index contributed by atoms with van der Waals surface area (Å²) < 4.78 is 39.5. The summed E-state index contributed by atoms with van der Waals surface area (Å²) in [6.45, 7) is 3.00. The minimum absolute atomic E-state index is 0.251. The summed E-state index contributed by atoms with van der Waals surface area (Å²) in [7, 11) is -3.66. The summed E-state index contributed by atoms with van der Waals surface area (Å²) in [6.07, 6.45) is 1.45. The number of hydrogen-bond donors (Lipinski definition) is 1. The molecular formula is C17H17NO4S. The molecule has 0 bridgehead atoms. The van der Waals surface area contributed by atoms with E-state index < -0.39 is 10.0 Å². The summed E-state index contributed by atoms with van der Waals surface area (Å²) >= 11 is 0. The molecule has 0 radical (unpaired) electrons. The molecule has 0 saturated heterocycles. The van der Waals surface area contributed by atoms with Crippen LogP contribution in [0.1, 0.15) is 16.7 Å². The van der Waals surface area contributed by atoms with Crippen LogP contribution >= 0.6 is 0 Å². The van der Waals surface area contributed by atoms with Crippen molar-refractivity contribution in [3.8, 4) is 11.5 Å². The van der Waals surface area contributed by atoms with Crippen LogP contribution in [-0.4, -0.2) is 21.6 Å². The van der Waals surface area contributed by atoms with Gasteiger partial charge in [-0.1, -0.05) is 12.1 Å². The molecule has 2 aliphatic rings. The second kappa shape index (κ2) is 5.16. The lowest BCUT2D eigenvalue weighted by Gasteiger charge is -2.15. The topological polar surface area (TPSA) is 64.6 Å². The first-order valence-corrected chi connectivity index (χ1v) is 9.07. The van der Waals surface area contributed by atoms with Gasteiger partial charge in [0.15, 0.2) is 0 Å². The van der Waals surface area contributed by atoms with Crippen molar-refractivity contribution in [1.82, 2.24) is 0 Å². The van der Waals surface area contributed by atoms with Crippen LogP contribution in [0.2, 0.25) is 0 Å². The third-order valence-electron chi connectivity index (χ3n) is 4.19. The van der Waals surface area contributed by atoms with Crippen LogP contribution < -0.4 is 14.2 Å². The van der Waals surface area contributed by atoms with Crippen LogP contribution in [-0.2, 0) is 22.9 Å². The average Bonchev–Trinajstić information content (AvgIpc) is 3.15. The van der Waals surface area contributed by atoms with Crippen molar-refractivity contribution in [3.05, 3.63) is 47.0 Å². The van der Waals surface area contributed by atoms with Crippen LogP contribution in [0.25, 0.3) is 0 Å². The number of benzene rings is 2. The second-order valence-electron chi connectivity index (χ2n) is 5.84. The Balaban J connectivity index is 1.80. The smallest absolute Gasteiger partial charge is 0.262 e. The molecule has 0 saturated carbocycles. The minimum Gasteiger partial charge on any atom is -0.493 e. The van der Waals surface area contributed by atoms with Gasteiger partial charge in [0.05, 0.1) is 23.8 Å². The van der Waals surface area contributed by atoms with Crippen LogP contribution in [0.5, 0.6) is 11.5 Å². The Morgan fingerprint density at radius 2 is 1.91 bits per heavy atom. The third kappa shape index (κ3) is 2.43. The fraction of sp³-hybridized carbons (Fsp3) is 0.294. The molecule has 0 fully saturated rings. The van der Waals surface area contributed by atoms with Gasteiger partial charge in [-0.05, 0) is 30.7 Å². The number of anilines is 1. The molecule has 23 heavy (non-hydrogen) atoms. The van der Waals surface area contributed by atoms with Gasteiger partial charge in [-0.2, -0.15) is 0 Å². The van der Waals surface area contributed by atoms with Gasteiger partial charge in [0, 0.05) is 24.0 Å². The normalized spacial score (nSPS) is 15.5. The maximum Gasteiger partial charge on any atom is 0.262 e. The molecule has 4 rings (SSSR count). The maximum absolute atomic E-state index is 12.7. The first-order valence-electron chi connectivity index (χ1n) is 7.58. The molecule has 5 nitrogen and oxygen atoms in total. The van der Waals surface area contributed by atoms with E-state index in [-0.39, 0.29) is 4.90 Å². The van der Waals surface area contributed by atoms with Crippen molar-refractivity contribution < 1.29 is 17.9 Å². The summed E-state index contributed by atoms with van der Waals surface area (Å²) in [4.78, 5) is 0.251. The highest BCUT2D eigenvalue weighted by Crippen LogP contribution is 2.45. The van der Waals surface area contributed by atoms with Crippen molar-refractivity contribution >= 4 is 15.7 Å². The second-order valence-corrected chi connectivity index (χ2v) is 7.52. The molecule has 120 valence electrons. The Morgan fingerprint density at radius 1 is 1.09 bits per heavy atom. The van der Waals surface area contributed by atoms with E-state index >= 15 is 0 Å². The molecule has 1 N–H and O–H groups in total. The first-order chi connectivity index (χ1) is 11.0. The van der Waals surface area contributed by atoms with Gasteiger partial charge in [-0.15, -0.1) is 0 Å². The van der Waals surface area contributed by atoms with Gasteiger partial charge >= 0.3 is 0 Å².